The van der Waals surface area contributed by atoms with Crippen molar-refractivity contribution in [1.29, 1.82) is 0 Å². The Bertz CT molecular complexity index is 284. The van der Waals surface area contributed by atoms with Crippen molar-refractivity contribution in [2.24, 2.45) is 16.6 Å². The molecule has 1 heterocycles. The highest BCUT2D eigenvalue weighted by Gasteiger charge is 2.31. The van der Waals surface area contributed by atoms with Crippen LogP contribution in [-0.2, 0) is 4.74 Å². The monoisotopic (exact) mass is 239 g/mol. The van der Waals surface area contributed by atoms with Crippen LogP contribution in [0.15, 0.2) is 4.99 Å². The fraction of sp³-hybridized carbons (Fsp3) is 0.923. The zero-order valence-corrected chi connectivity index (χ0v) is 11.0. The number of ether oxygens (including phenoxy) is 1. The molecule has 1 aliphatic carbocycles. The van der Waals surface area contributed by atoms with Crippen molar-refractivity contribution in [3.63, 3.8) is 0 Å². The van der Waals surface area contributed by atoms with E-state index >= 15 is 0 Å². The minimum absolute atomic E-state index is 0.0319. The van der Waals surface area contributed by atoms with Crippen molar-refractivity contribution in [2.75, 3.05) is 13.1 Å². The Morgan fingerprint density at radius 3 is 2.71 bits per heavy atom. The lowest BCUT2D eigenvalue weighted by atomic mass is 9.86. The summed E-state index contributed by atoms with van der Waals surface area (Å²) in [5.41, 5.74) is 5.86. The summed E-state index contributed by atoms with van der Waals surface area (Å²) in [4.78, 5) is 4.37. The van der Waals surface area contributed by atoms with Gasteiger partial charge in [0.2, 0.25) is 0 Å². The molecule has 0 aromatic rings. The lowest BCUT2D eigenvalue weighted by Crippen LogP contribution is -2.38. The third kappa shape index (κ3) is 3.87. The van der Waals surface area contributed by atoms with E-state index in [0.29, 0.717) is 5.96 Å². The molecule has 98 valence electrons. The third-order valence-corrected chi connectivity index (χ3v) is 3.81. The summed E-state index contributed by atoms with van der Waals surface area (Å²) in [6, 6.07) is 0. The fourth-order valence-electron chi connectivity index (χ4n) is 2.40. The Morgan fingerprint density at radius 2 is 2.18 bits per heavy atom. The molecule has 0 bridgehead atoms. The van der Waals surface area contributed by atoms with E-state index in [4.69, 9.17) is 10.5 Å². The van der Waals surface area contributed by atoms with E-state index in [1.807, 2.05) is 0 Å². The van der Waals surface area contributed by atoms with Crippen molar-refractivity contribution in [2.45, 2.75) is 57.7 Å². The fourth-order valence-corrected chi connectivity index (χ4v) is 2.40. The molecule has 1 unspecified atom stereocenters. The third-order valence-electron chi connectivity index (χ3n) is 3.81. The molecule has 3 N–H and O–H groups in total. The first-order valence-corrected chi connectivity index (χ1v) is 6.77. The molecule has 2 rings (SSSR count). The normalized spacial score (nSPS) is 29.1. The van der Waals surface area contributed by atoms with Gasteiger partial charge in [0, 0.05) is 13.1 Å². The van der Waals surface area contributed by atoms with Gasteiger partial charge in [0.15, 0.2) is 5.96 Å². The van der Waals surface area contributed by atoms with Crippen LogP contribution in [0.5, 0.6) is 0 Å². The summed E-state index contributed by atoms with van der Waals surface area (Å²) in [5.74, 6) is 1.35. The molecule has 0 aromatic carbocycles. The van der Waals surface area contributed by atoms with Crippen LogP contribution in [0.3, 0.4) is 0 Å². The van der Waals surface area contributed by atoms with Gasteiger partial charge in [-0.15, -0.1) is 0 Å². The summed E-state index contributed by atoms with van der Waals surface area (Å²) in [7, 11) is 0. The summed E-state index contributed by atoms with van der Waals surface area (Å²) in [6.07, 6.45) is 6.50. The van der Waals surface area contributed by atoms with Crippen molar-refractivity contribution in [3.05, 3.63) is 0 Å². The van der Waals surface area contributed by atoms with E-state index in [-0.39, 0.29) is 11.7 Å². The number of hydrogen-bond acceptors (Lipinski definition) is 2. The van der Waals surface area contributed by atoms with Crippen LogP contribution < -0.4 is 11.1 Å². The molecule has 4 heteroatoms. The molecule has 0 spiro atoms. The topological polar surface area (TPSA) is 59.6 Å². The number of rotatable bonds is 4. The quantitative estimate of drug-likeness (QED) is 0.579. The van der Waals surface area contributed by atoms with E-state index in [0.717, 1.165) is 31.8 Å². The molecular formula is C13H25N3O. The van der Waals surface area contributed by atoms with E-state index in [2.05, 4.69) is 24.2 Å². The molecule has 0 amide bonds. The highest BCUT2D eigenvalue weighted by Crippen LogP contribution is 2.28. The van der Waals surface area contributed by atoms with Gasteiger partial charge in [-0.25, -0.2) is 0 Å². The van der Waals surface area contributed by atoms with Crippen LogP contribution in [0, 0.1) is 5.92 Å². The van der Waals surface area contributed by atoms with Crippen LogP contribution in [0.4, 0.5) is 0 Å². The first-order chi connectivity index (χ1) is 8.05. The van der Waals surface area contributed by atoms with Gasteiger partial charge in [-0.1, -0.05) is 6.42 Å². The SMILES string of the molecule is CC1(C)CCC(CNC(N)=NCC2CCC2)O1. The van der Waals surface area contributed by atoms with Crippen molar-refractivity contribution >= 4 is 5.96 Å². The summed E-state index contributed by atoms with van der Waals surface area (Å²) < 4.78 is 5.88. The Kier molecular flexibility index (Phi) is 3.92. The van der Waals surface area contributed by atoms with Crippen LogP contribution in [-0.4, -0.2) is 30.8 Å². The average Bonchev–Trinajstić information content (AvgIpc) is 2.53. The van der Waals surface area contributed by atoms with Crippen LogP contribution in [0.2, 0.25) is 0 Å². The van der Waals surface area contributed by atoms with E-state index in [1.165, 1.54) is 19.3 Å². The van der Waals surface area contributed by atoms with Crippen LogP contribution >= 0.6 is 0 Å². The number of nitrogens with one attached hydrogen (secondary N) is 1. The molecular weight excluding hydrogens is 214 g/mol. The van der Waals surface area contributed by atoms with Crippen molar-refractivity contribution in [1.82, 2.24) is 5.32 Å². The minimum Gasteiger partial charge on any atom is -0.371 e. The number of nitrogens with zero attached hydrogens (tertiary/aromatic N) is 1. The molecule has 4 nitrogen and oxygen atoms in total. The van der Waals surface area contributed by atoms with Crippen molar-refractivity contribution in [3.8, 4) is 0 Å². The Hall–Kier alpha value is -0.770. The summed E-state index contributed by atoms with van der Waals surface area (Å²) in [5, 5.41) is 3.17. The zero-order chi connectivity index (χ0) is 12.3. The van der Waals surface area contributed by atoms with Gasteiger partial charge in [-0.3, -0.25) is 4.99 Å². The largest absolute Gasteiger partial charge is 0.371 e. The summed E-state index contributed by atoms with van der Waals surface area (Å²) >= 11 is 0. The Labute approximate surface area is 104 Å². The van der Waals surface area contributed by atoms with Gasteiger partial charge in [0.1, 0.15) is 0 Å². The van der Waals surface area contributed by atoms with Gasteiger partial charge in [-0.05, 0) is 45.4 Å². The summed E-state index contributed by atoms with van der Waals surface area (Å²) in [6.45, 7) is 5.95. The molecule has 0 radical (unpaired) electrons. The maximum absolute atomic E-state index is 5.88. The van der Waals surface area contributed by atoms with Crippen LogP contribution in [0.25, 0.3) is 0 Å². The number of guanidine groups is 1. The highest BCUT2D eigenvalue weighted by molar-refractivity contribution is 5.77. The molecule has 1 saturated heterocycles. The highest BCUT2D eigenvalue weighted by atomic mass is 16.5. The average molecular weight is 239 g/mol. The maximum atomic E-state index is 5.88. The first-order valence-electron chi connectivity index (χ1n) is 6.77. The van der Waals surface area contributed by atoms with Crippen molar-refractivity contribution < 1.29 is 4.74 Å². The van der Waals surface area contributed by atoms with Gasteiger partial charge in [-0.2, -0.15) is 0 Å². The predicted molar refractivity (Wildman–Crippen MR) is 70.0 cm³/mol. The van der Waals surface area contributed by atoms with Crippen LogP contribution in [0.1, 0.15) is 46.0 Å². The predicted octanol–water partition coefficient (Wildman–Crippen LogP) is 1.65. The molecule has 2 fully saturated rings. The Morgan fingerprint density at radius 1 is 1.41 bits per heavy atom. The second-order valence-corrected chi connectivity index (χ2v) is 5.94. The number of nitrogens with two attached hydrogens (primary N) is 1. The number of aliphatic imine (C=N–C) groups is 1. The van der Waals surface area contributed by atoms with Gasteiger partial charge < -0.3 is 15.8 Å². The standard InChI is InChI=1S/C13H25N3O/c1-13(2)7-6-11(17-13)9-16-12(14)15-8-10-4-3-5-10/h10-11H,3-9H2,1-2H3,(H3,14,15,16). The van der Waals surface area contributed by atoms with E-state index in [1.54, 1.807) is 0 Å². The van der Waals surface area contributed by atoms with Gasteiger partial charge >= 0.3 is 0 Å². The minimum atomic E-state index is 0.0319. The molecule has 0 aromatic heterocycles. The van der Waals surface area contributed by atoms with Gasteiger partial charge in [0.05, 0.1) is 11.7 Å². The molecule has 17 heavy (non-hydrogen) atoms. The van der Waals surface area contributed by atoms with E-state index < -0.39 is 0 Å². The number of hydrogen-bond donors (Lipinski definition) is 2. The molecule has 2 aliphatic rings. The lowest BCUT2D eigenvalue weighted by Gasteiger charge is -2.23. The van der Waals surface area contributed by atoms with Gasteiger partial charge in [0.25, 0.3) is 0 Å². The smallest absolute Gasteiger partial charge is 0.188 e. The molecule has 1 saturated carbocycles. The lowest BCUT2D eigenvalue weighted by molar-refractivity contribution is -0.0125. The second kappa shape index (κ2) is 5.25. The molecule has 1 aliphatic heterocycles. The van der Waals surface area contributed by atoms with E-state index in [9.17, 15) is 0 Å². The Balaban J connectivity index is 1.63. The second-order valence-electron chi connectivity index (χ2n) is 5.94. The first kappa shape index (κ1) is 12.7. The molecule has 1 atom stereocenters. The maximum Gasteiger partial charge on any atom is 0.188 e. The zero-order valence-electron chi connectivity index (χ0n) is 11.0.